The zero-order chi connectivity index (χ0) is 19.7. The number of carbonyl (C=O) groups is 2. The Kier molecular flexibility index (Phi) is 5.72. The van der Waals surface area contributed by atoms with E-state index in [9.17, 15) is 19.1 Å². The van der Waals surface area contributed by atoms with Crippen LogP contribution in [-0.2, 0) is 0 Å². The average Bonchev–Trinajstić information content (AvgIpc) is 2.64. The molecular weight excluding hydrogens is 439 g/mol. The van der Waals surface area contributed by atoms with E-state index >= 15 is 0 Å². The third-order valence-electron chi connectivity index (χ3n) is 4.45. The van der Waals surface area contributed by atoms with Gasteiger partial charge in [-0.3, -0.25) is 9.59 Å². The number of aromatic hydroxyl groups is 1. The molecule has 1 saturated heterocycles. The minimum Gasteiger partial charge on any atom is -0.506 e. The Bertz CT molecular complexity index is 914. The van der Waals surface area contributed by atoms with Crippen molar-refractivity contribution in [2.24, 2.45) is 0 Å². The number of hydrogen-bond donors (Lipinski definition) is 1. The Hall–Kier alpha value is -2.12. The van der Waals surface area contributed by atoms with Crippen LogP contribution in [0.1, 0.15) is 26.3 Å². The van der Waals surface area contributed by atoms with Gasteiger partial charge in [0.05, 0.1) is 20.6 Å². The van der Waals surface area contributed by atoms with Gasteiger partial charge < -0.3 is 14.9 Å². The summed E-state index contributed by atoms with van der Waals surface area (Å²) in [5.41, 5.74) is 1.31. The average molecular weight is 456 g/mol. The lowest BCUT2D eigenvalue weighted by atomic mass is 10.1. The van der Waals surface area contributed by atoms with Gasteiger partial charge in [-0.25, -0.2) is 4.39 Å². The van der Waals surface area contributed by atoms with Gasteiger partial charge in [0.25, 0.3) is 11.8 Å². The maximum absolute atomic E-state index is 13.2. The van der Waals surface area contributed by atoms with E-state index in [4.69, 9.17) is 11.6 Å². The zero-order valence-corrected chi connectivity index (χ0v) is 16.8. The molecule has 0 atom stereocenters. The maximum atomic E-state index is 13.2. The van der Waals surface area contributed by atoms with Crippen molar-refractivity contribution in [2.45, 2.75) is 6.92 Å². The molecular formula is C19H17BrClFN2O3. The Morgan fingerprint density at radius 1 is 1.04 bits per heavy atom. The highest BCUT2D eigenvalue weighted by Crippen LogP contribution is 2.30. The Morgan fingerprint density at radius 3 is 2.15 bits per heavy atom. The Balaban J connectivity index is 1.70. The zero-order valence-electron chi connectivity index (χ0n) is 14.5. The summed E-state index contributed by atoms with van der Waals surface area (Å²) in [5, 5.41) is 10.2. The van der Waals surface area contributed by atoms with Gasteiger partial charge in [-0.05, 0) is 58.7 Å². The molecule has 27 heavy (non-hydrogen) atoms. The van der Waals surface area contributed by atoms with Gasteiger partial charge in [-0.1, -0.05) is 11.6 Å². The summed E-state index contributed by atoms with van der Waals surface area (Å²) in [6, 6.07) is 7.03. The van der Waals surface area contributed by atoms with Gasteiger partial charge in [0.2, 0.25) is 0 Å². The van der Waals surface area contributed by atoms with E-state index in [-0.39, 0.29) is 33.7 Å². The molecule has 0 aromatic heterocycles. The van der Waals surface area contributed by atoms with Crippen molar-refractivity contribution in [1.29, 1.82) is 0 Å². The van der Waals surface area contributed by atoms with Crippen molar-refractivity contribution < 1.29 is 19.1 Å². The SMILES string of the molecule is Cc1cc(Br)c(O)c(C(=O)N2CCN(C(=O)c3ccc(F)cc3Cl)CC2)c1. The lowest BCUT2D eigenvalue weighted by Crippen LogP contribution is -2.50. The molecule has 1 aliphatic rings. The van der Waals surface area contributed by atoms with Crippen molar-refractivity contribution in [3.05, 3.63) is 62.3 Å². The number of benzene rings is 2. The molecule has 1 aliphatic heterocycles. The summed E-state index contributed by atoms with van der Waals surface area (Å²) >= 11 is 9.21. The lowest BCUT2D eigenvalue weighted by Gasteiger charge is -2.35. The van der Waals surface area contributed by atoms with Crippen LogP contribution in [0.2, 0.25) is 5.02 Å². The van der Waals surface area contributed by atoms with Crippen molar-refractivity contribution in [3.63, 3.8) is 0 Å². The van der Waals surface area contributed by atoms with E-state index in [1.807, 2.05) is 6.92 Å². The number of hydrogen-bond acceptors (Lipinski definition) is 3. The highest BCUT2D eigenvalue weighted by molar-refractivity contribution is 9.10. The molecule has 1 heterocycles. The minimum absolute atomic E-state index is 0.0630. The van der Waals surface area contributed by atoms with Gasteiger partial charge in [-0.2, -0.15) is 0 Å². The Morgan fingerprint density at radius 2 is 1.59 bits per heavy atom. The number of halogens is 3. The molecule has 8 heteroatoms. The summed E-state index contributed by atoms with van der Waals surface area (Å²) in [7, 11) is 0. The van der Waals surface area contributed by atoms with Crippen molar-refractivity contribution in [1.82, 2.24) is 9.80 Å². The number of phenols is 1. The monoisotopic (exact) mass is 454 g/mol. The van der Waals surface area contributed by atoms with E-state index < -0.39 is 5.82 Å². The van der Waals surface area contributed by atoms with Crippen LogP contribution in [0.4, 0.5) is 4.39 Å². The smallest absolute Gasteiger partial charge is 0.257 e. The van der Waals surface area contributed by atoms with Crippen molar-refractivity contribution in [2.75, 3.05) is 26.2 Å². The van der Waals surface area contributed by atoms with Crippen LogP contribution in [0.5, 0.6) is 5.75 Å². The van der Waals surface area contributed by atoms with E-state index in [1.165, 1.54) is 12.1 Å². The van der Waals surface area contributed by atoms with Gasteiger partial charge >= 0.3 is 0 Å². The van der Waals surface area contributed by atoms with E-state index in [0.717, 1.165) is 11.6 Å². The lowest BCUT2D eigenvalue weighted by molar-refractivity contribution is 0.0533. The van der Waals surface area contributed by atoms with E-state index in [0.29, 0.717) is 30.7 Å². The van der Waals surface area contributed by atoms with Crippen molar-refractivity contribution >= 4 is 39.3 Å². The summed E-state index contributed by atoms with van der Waals surface area (Å²) in [5.74, 6) is -1.18. The molecule has 142 valence electrons. The molecule has 2 amide bonds. The van der Waals surface area contributed by atoms with Gasteiger partial charge in [-0.15, -0.1) is 0 Å². The first-order valence-electron chi connectivity index (χ1n) is 8.30. The number of rotatable bonds is 2. The normalized spacial score (nSPS) is 14.4. The van der Waals surface area contributed by atoms with Gasteiger partial charge in [0, 0.05) is 26.2 Å². The molecule has 0 radical (unpaired) electrons. The molecule has 0 spiro atoms. The first-order valence-corrected chi connectivity index (χ1v) is 9.47. The molecule has 3 rings (SSSR count). The highest BCUT2D eigenvalue weighted by atomic mass is 79.9. The molecule has 0 unspecified atom stereocenters. The van der Waals surface area contributed by atoms with E-state index in [1.54, 1.807) is 21.9 Å². The number of amides is 2. The maximum Gasteiger partial charge on any atom is 0.257 e. The van der Waals surface area contributed by atoms with Crippen LogP contribution in [0.25, 0.3) is 0 Å². The standard InChI is InChI=1S/C19H17BrClFN2O3/c1-11-8-14(17(25)15(20)9-11)19(27)24-6-4-23(5-7-24)18(26)13-3-2-12(22)10-16(13)21/h2-3,8-10,25H,4-7H2,1H3. The molecule has 5 nitrogen and oxygen atoms in total. The van der Waals surface area contributed by atoms with Crippen LogP contribution in [0, 0.1) is 12.7 Å². The van der Waals surface area contributed by atoms with Gasteiger partial charge in [0.1, 0.15) is 11.6 Å². The minimum atomic E-state index is -0.504. The number of piperazine rings is 1. The first-order chi connectivity index (χ1) is 12.8. The number of aryl methyl sites for hydroxylation is 1. The fourth-order valence-electron chi connectivity index (χ4n) is 3.01. The van der Waals surface area contributed by atoms with Gasteiger partial charge in [0.15, 0.2) is 0 Å². The third kappa shape index (κ3) is 4.09. The quantitative estimate of drug-likeness (QED) is 0.748. The fourth-order valence-corrected chi connectivity index (χ4v) is 3.84. The predicted octanol–water partition coefficient (Wildman–Crippen LogP) is 3.85. The van der Waals surface area contributed by atoms with Crippen LogP contribution in [0.15, 0.2) is 34.8 Å². The van der Waals surface area contributed by atoms with Crippen LogP contribution < -0.4 is 0 Å². The molecule has 0 saturated carbocycles. The van der Waals surface area contributed by atoms with Crippen molar-refractivity contribution in [3.8, 4) is 5.75 Å². The third-order valence-corrected chi connectivity index (χ3v) is 5.37. The summed E-state index contributed by atoms with van der Waals surface area (Å²) in [4.78, 5) is 28.5. The van der Waals surface area contributed by atoms with Crippen LogP contribution >= 0.6 is 27.5 Å². The molecule has 2 aromatic carbocycles. The second-order valence-electron chi connectivity index (χ2n) is 6.35. The molecule has 0 aliphatic carbocycles. The number of carbonyl (C=O) groups excluding carboxylic acids is 2. The first kappa shape index (κ1) is 19.6. The topological polar surface area (TPSA) is 60.9 Å². The summed E-state index contributed by atoms with van der Waals surface area (Å²) in [6.07, 6.45) is 0. The fraction of sp³-hybridized carbons (Fsp3) is 0.263. The molecule has 0 bridgehead atoms. The van der Waals surface area contributed by atoms with E-state index in [2.05, 4.69) is 15.9 Å². The molecule has 1 N–H and O–H groups in total. The molecule has 2 aromatic rings. The highest BCUT2D eigenvalue weighted by Gasteiger charge is 2.28. The second-order valence-corrected chi connectivity index (χ2v) is 7.61. The summed E-state index contributed by atoms with van der Waals surface area (Å²) < 4.78 is 13.6. The molecule has 1 fully saturated rings. The predicted molar refractivity (Wildman–Crippen MR) is 104 cm³/mol. The number of phenolic OH excluding ortho intramolecular Hbond substituents is 1. The van der Waals surface area contributed by atoms with Crippen LogP contribution in [0.3, 0.4) is 0 Å². The van der Waals surface area contributed by atoms with Crippen LogP contribution in [-0.4, -0.2) is 52.9 Å². The Labute approximate surface area is 169 Å². The second kappa shape index (κ2) is 7.86. The largest absolute Gasteiger partial charge is 0.506 e. The summed E-state index contributed by atoms with van der Waals surface area (Å²) in [6.45, 7) is 3.14. The number of nitrogens with zero attached hydrogens (tertiary/aromatic N) is 2.